The highest BCUT2D eigenvalue weighted by molar-refractivity contribution is 9.11. The molecule has 0 aliphatic carbocycles. The molecule has 96 valence electrons. The van der Waals surface area contributed by atoms with Crippen LogP contribution in [0.3, 0.4) is 0 Å². The third-order valence-electron chi connectivity index (χ3n) is 1.75. The molecule has 0 aromatic carbocycles. The zero-order valence-electron chi connectivity index (χ0n) is 8.74. The number of rotatable bonds is 5. The van der Waals surface area contributed by atoms with Gasteiger partial charge in [0.2, 0.25) is 10.0 Å². The zero-order valence-corrected chi connectivity index (χ0v) is 13.5. The van der Waals surface area contributed by atoms with Gasteiger partial charge in [-0.3, -0.25) is 0 Å². The van der Waals surface area contributed by atoms with Gasteiger partial charge in [-0.1, -0.05) is 23.8 Å². The molecule has 1 unspecified atom stereocenters. The van der Waals surface area contributed by atoms with Crippen LogP contribution in [0.4, 0.5) is 0 Å². The number of hydrogen-bond donors (Lipinski definition) is 2. The first-order chi connectivity index (χ1) is 7.72. The number of sulfonamides is 1. The van der Waals surface area contributed by atoms with Crippen LogP contribution in [0, 0.1) is 0 Å². The van der Waals surface area contributed by atoms with E-state index in [-0.39, 0.29) is 15.2 Å². The summed E-state index contributed by atoms with van der Waals surface area (Å²) in [6.07, 6.45) is 0.314. The van der Waals surface area contributed by atoms with Gasteiger partial charge in [0.1, 0.15) is 4.21 Å². The molecule has 1 heterocycles. The molecule has 0 saturated heterocycles. The summed E-state index contributed by atoms with van der Waals surface area (Å²) in [7, 11) is -3.57. The van der Waals surface area contributed by atoms with Gasteiger partial charge in [-0.2, -0.15) is 0 Å². The van der Waals surface area contributed by atoms with Crippen molar-refractivity contribution in [2.24, 2.45) is 5.73 Å². The molecule has 4 nitrogen and oxygen atoms in total. The van der Waals surface area contributed by atoms with Gasteiger partial charge in [0.25, 0.3) is 0 Å². The van der Waals surface area contributed by atoms with Crippen LogP contribution < -0.4 is 10.5 Å². The normalized spacial score (nSPS) is 13.6. The monoisotopic (exact) mass is 376 g/mol. The lowest BCUT2D eigenvalue weighted by Gasteiger charge is -2.11. The topological polar surface area (TPSA) is 72.2 Å². The van der Waals surface area contributed by atoms with E-state index in [1.165, 1.54) is 6.07 Å². The van der Waals surface area contributed by atoms with E-state index in [0.29, 0.717) is 15.2 Å². The Morgan fingerprint density at radius 1 is 1.76 bits per heavy atom. The van der Waals surface area contributed by atoms with Crippen LogP contribution >= 0.6 is 51.1 Å². The van der Waals surface area contributed by atoms with Crippen LogP contribution in [0.1, 0.15) is 13.3 Å². The minimum Gasteiger partial charge on any atom is -0.393 e. The summed E-state index contributed by atoms with van der Waals surface area (Å²) in [5, 5.41) is 0.373. The average molecular weight is 378 g/mol. The van der Waals surface area contributed by atoms with Crippen LogP contribution in [0.25, 0.3) is 0 Å². The standard InChI is InChI=1S/C8H10BrClN2O2S3/c1-4(2-6(11)15)12-17(13,14)7-3-5(10)8(9)16-7/h3-4,12H,2H2,1H3,(H2,11,15). The lowest BCUT2D eigenvalue weighted by Crippen LogP contribution is -2.34. The summed E-state index contributed by atoms with van der Waals surface area (Å²) in [5.74, 6) is 0. The molecule has 1 rings (SSSR count). The van der Waals surface area contributed by atoms with Gasteiger partial charge in [-0.15, -0.1) is 11.3 Å². The summed E-state index contributed by atoms with van der Waals surface area (Å²) < 4.78 is 27.1. The molecule has 1 aromatic heterocycles. The Balaban J connectivity index is 2.85. The van der Waals surface area contributed by atoms with Crippen molar-refractivity contribution in [2.45, 2.75) is 23.6 Å². The second-order valence-electron chi connectivity index (χ2n) is 3.38. The van der Waals surface area contributed by atoms with Crippen LogP contribution in [-0.2, 0) is 10.0 Å². The van der Waals surface area contributed by atoms with Crippen LogP contribution in [0.2, 0.25) is 5.02 Å². The molecule has 0 radical (unpaired) electrons. The highest BCUT2D eigenvalue weighted by Gasteiger charge is 2.21. The fourth-order valence-corrected chi connectivity index (χ4v) is 5.03. The molecule has 0 amide bonds. The second kappa shape index (κ2) is 5.94. The third-order valence-corrected chi connectivity index (χ3v) is 6.46. The minimum absolute atomic E-state index is 0.157. The predicted molar refractivity (Wildman–Crippen MR) is 78.2 cm³/mol. The van der Waals surface area contributed by atoms with Crippen molar-refractivity contribution in [3.8, 4) is 0 Å². The molecule has 3 N–H and O–H groups in total. The highest BCUT2D eigenvalue weighted by Crippen LogP contribution is 2.34. The number of nitrogens with two attached hydrogens (primary N) is 1. The van der Waals surface area contributed by atoms with Crippen molar-refractivity contribution >= 4 is 66.1 Å². The molecule has 0 bridgehead atoms. The lowest BCUT2D eigenvalue weighted by molar-refractivity contribution is 0.567. The van der Waals surface area contributed by atoms with Crippen molar-refractivity contribution in [1.82, 2.24) is 4.72 Å². The molecule has 0 aliphatic rings. The number of thiocarbonyl (C=S) groups is 1. The van der Waals surface area contributed by atoms with E-state index in [1.54, 1.807) is 6.92 Å². The Morgan fingerprint density at radius 2 is 2.35 bits per heavy atom. The molecule has 0 spiro atoms. The Kier molecular flexibility index (Phi) is 5.36. The Labute approximate surface area is 123 Å². The van der Waals surface area contributed by atoms with Gasteiger partial charge in [0.05, 0.1) is 13.8 Å². The van der Waals surface area contributed by atoms with E-state index < -0.39 is 10.0 Å². The second-order valence-corrected chi connectivity index (χ2v) is 8.62. The fourth-order valence-electron chi connectivity index (χ4n) is 1.13. The van der Waals surface area contributed by atoms with Gasteiger partial charge < -0.3 is 5.73 Å². The van der Waals surface area contributed by atoms with Crippen LogP contribution in [0.5, 0.6) is 0 Å². The maximum absolute atomic E-state index is 11.9. The van der Waals surface area contributed by atoms with Gasteiger partial charge in [-0.25, -0.2) is 13.1 Å². The molecular formula is C8H10BrClN2O2S3. The summed E-state index contributed by atoms with van der Waals surface area (Å²) in [6.45, 7) is 1.70. The summed E-state index contributed by atoms with van der Waals surface area (Å²) in [6, 6.07) is 1.05. The number of halogens is 2. The van der Waals surface area contributed by atoms with Gasteiger partial charge >= 0.3 is 0 Å². The van der Waals surface area contributed by atoms with Gasteiger partial charge in [-0.05, 0) is 28.9 Å². The van der Waals surface area contributed by atoms with Gasteiger partial charge in [0.15, 0.2) is 0 Å². The predicted octanol–water partition coefficient (Wildman–Crippen LogP) is 2.51. The van der Waals surface area contributed by atoms with Crippen molar-refractivity contribution in [3.05, 3.63) is 14.9 Å². The fraction of sp³-hybridized carbons (Fsp3) is 0.375. The van der Waals surface area contributed by atoms with Crippen molar-refractivity contribution in [1.29, 1.82) is 0 Å². The Morgan fingerprint density at radius 3 is 2.76 bits per heavy atom. The van der Waals surface area contributed by atoms with E-state index in [9.17, 15) is 8.42 Å². The SMILES string of the molecule is CC(CC(N)=S)NS(=O)(=O)c1cc(Cl)c(Br)s1. The van der Waals surface area contributed by atoms with Crippen molar-refractivity contribution in [3.63, 3.8) is 0 Å². The number of nitrogens with one attached hydrogen (secondary N) is 1. The molecule has 0 fully saturated rings. The van der Waals surface area contributed by atoms with E-state index in [0.717, 1.165) is 11.3 Å². The Hall–Kier alpha value is 0.270. The molecule has 0 saturated carbocycles. The summed E-state index contributed by atoms with van der Waals surface area (Å²) in [5.41, 5.74) is 5.35. The largest absolute Gasteiger partial charge is 0.393 e. The van der Waals surface area contributed by atoms with E-state index in [1.807, 2.05) is 0 Å². The average Bonchev–Trinajstić information content (AvgIpc) is 2.44. The summed E-state index contributed by atoms with van der Waals surface area (Å²) in [4.78, 5) is 0.269. The highest BCUT2D eigenvalue weighted by atomic mass is 79.9. The maximum Gasteiger partial charge on any atom is 0.250 e. The first-order valence-electron chi connectivity index (χ1n) is 4.48. The lowest BCUT2D eigenvalue weighted by atomic mass is 10.3. The molecule has 1 atom stereocenters. The zero-order chi connectivity index (χ0) is 13.2. The Bertz CT molecular complexity index is 509. The van der Waals surface area contributed by atoms with Crippen molar-refractivity contribution < 1.29 is 8.42 Å². The van der Waals surface area contributed by atoms with Crippen LogP contribution in [0.15, 0.2) is 14.1 Å². The smallest absolute Gasteiger partial charge is 0.250 e. The number of hydrogen-bond acceptors (Lipinski definition) is 4. The quantitative estimate of drug-likeness (QED) is 0.773. The van der Waals surface area contributed by atoms with E-state index >= 15 is 0 Å². The van der Waals surface area contributed by atoms with Crippen LogP contribution in [-0.4, -0.2) is 19.4 Å². The van der Waals surface area contributed by atoms with Gasteiger partial charge in [0, 0.05) is 12.5 Å². The first kappa shape index (κ1) is 15.3. The molecule has 1 aromatic rings. The van der Waals surface area contributed by atoms with Crippen molar-refractivity contribution in [2.75, 3.05) is 0 Å². The maximum atomic E-state index is 11.9. The summed E-state index contributed by atoms with van der Waals surface area (Å²) >= 11 is 14.7. The first-order valence-corrected chi connectivity index (χ1v) is 8.35. The molecule has 9 heteroatoms. The molecular weight excluding hydrogens is 368 g/mol. The minimum atomic E-state index is -3.57. The molecule has 0 aliphatic heterocycles. The van der Waals surface area contributed by atoms with E-state index in [2.05, 4.69) is 20.7 Å². The molecule has 17 heavy (non-hydrogen) atoms. The number of thiophene rings is 1. The third kappa shape index (κ3) is 4.46. The van der Waals surface area contributed by atoms with E-state index in [4.69, 9.17) is 29.6 Å².